The summed E-state index contributed by atoms with van der Waals surface area (Å²) in [6.45, 7) is 2.24. The molecule has 0 saturated heterocycles. The second-order valence-corrected chi connectivity index (χ2v) is 4.05. The first-order valence-electron chi connectivity index (χ1n) is 5.63. The van der Waals surface area contributed by atoms with Crippen LogP contribution in [-0.4, -0.2) is 24.4 Å². The number of amides is 1. The topological polar surface area (TPSA) is 108 Å². The third-order valence-electron chi connectivity index (χ3n) is 2.55. The monoisotopic (exact) mass is 262 g/mol. The van der Waals surface area contributed by atoms with Crippen molar-refractivity contribution < 1.29 is 9.72 Å². The summed E-state index contributed by atoms with van der Waals surface area (Å²) >= 11 is 0. The van der Waals surface area contributed by atoms with Crippen LogP contribution in [0.2, 0.25) is 0 Å². The van der Waals surface area contributed by atoms with Crippen LogP contribution in [0.4, 0.5) is 11.4 Å². The fourth-order valence-corrected chi connectivity index (χ4v) is 1.50. The van der Waals surface area contributed by atoms with E-state index in [0.717, 1.165) is 6.07 Å². The van der Waals surface area contributed by atoms with Crippen molar-refractivity contribution in [1.29, 1.82) is 5.26 Å². The maximum absolute atomic E-state index is 11.8. The van der Waals surface area contributed by atoms with Gasteiger partial charge in [-0.2, -0.15) is 5.26 Å². The molecular formula is C12H14N4O3. The van der Waals surface area contributed by atoms with Gasteiger partial charge in [-0.15, -0.1) is 0 Å². The lowest BCUT2D eigenvalue weighted by Gasteiger charge is -2.12. The maximum atomic E-state index is 11.8. The van der Waals surface area contributed by atoms with E-state index in [4.69, 9.17) is 5.26 Å². The summed E-state index contributed by atoms with van der Waals surface area (Å²) in [6, 6.07) is 5.58. The molecule has 1 unspecified atom stereocenters. The van der Waals surface area contributed by atoms with Crippen LogP contribution >= 0.6 is 0 Å². The smallest absolute Gasteiger partial charge is 0.270 e. The van der Waals surface area contributed by atoms with Gasteiger partial charge in [-0.05, 0) is 13.1 Å². The van der Waals surface area contributed by atoms with Crippen molar-refractivity contribution in [2.24, 2.45) is 5.92 Å². The minimum atomic E-state index is -0.587. The lowest BCUT2D eigenvalue weighted by Crippen LogP contribution is -2.28. The van der Waals surface area contributed by atoms with E-state index in [-0.39, 0.29) is 28.8 Å². The van der Waals surface area contributed by atoms with Crippen LogP contribution < -0.4 is 10.6 Å². The van der Waals surface area contributed by atoms with E-state index >= 15 is 0 Å². The van der Waals surface area contributed by atoms with E-state index in [1.165, 1.54) is 12.1 Å². The highest BCUT2D eigenvalue weighted by molar-refractivity contribution is 5.93. The van der Waals surface area contributed by atoms with Crippen molar-refractivity contribution in [3.05, 3.63) is 33.9 Å². The van der Waals surface area contributed by atoms with Gasteiger partial charge in [0.2, 0.25) is 5.91 Å². The second-order valence-electron chi connectivity index (χ2n) is 4.05. The lowest BCUT2D eigenvalue weighted by atomic mass is 10.1. The van der Waals surface area contributed by atoms with E-state index in [1.807, 2.05) is 6.07 Å². The van der Waals surface area contributed by atoms with Gasteiger partial charge in [0, 0.05) is 24.6 Å². The molecule has 19 heavy (non-hydrogen) atoms. The number of nitrogens with zero attached hydrogens (tertiary/aromatic N) is 2. The average molecular weight is 262 g/mol. The van der Waals surface area contributed by atoms with E-state index < -0.39 is 4.92 Å². The predicted molar refractivity (Wildman–Crippen MR) is 69.5 cm³/mol. The van der Waals surface area contributed by atoms with Crippen LogP contribution in [0.15, 0.2) is 18.2 Å². The third-order valence-corrected chi connectivity index (χ3v) is 2.55. The van der Waals surface area contributed by atoms with E-state index in [1.54, 1.807) is 14.0 Å². The average Bonchev–Trinajstić information content (AvgIpc) is 2.39. The normalized spacial score (nSPS) is 11.4. The number of non-ortho nitro benzene ring substituents is 1. The molecule has 0 fully saturated rings. The molecule has 1 rings (SSSR count). The van der Waals surface area contributed by atoms with E-state index in [0.29, 0.717) is 6.54 Å². The lowest BCUT2D eigenvalue weighted by molar-refractivity contribution is -0.384. The molecular weight excluding hydrogens is 248 g/mol. The Kier molecular flexibility index (Phi) is 4.97. The molecule has 7 heteroatoms. The first kappa shape index (κ1) is 14.6. The van der Waals surface area contributed by atoms with Gasteiger partial charge in [0.05, 0.1) is 16.2 Å². The molecule has 0 aliphatic carbocycles. The summed E-state index contributed by atoms with van der Waals surface area (Å²) < 4.78 is 0. The van der Waals surface area contributed by atoms with Crippen LogP contribution in [0.25, 0.3) is 0 Å². The molecule has 1 aromatic rings. The highest BCUT2D eigenvalue weighted by Gasteiger charge is 2.16. The molecule has 0 bridgehead atoms. The van der Waals surface area contributed by atoms with Crippen LogP contribution in [-0.2, 0) is 4.79 Å². The zero-order valence-corrected chi connectivity index (χ0v) is 10.6. The minimum Gasteiger partial charge on any atom is -0.325 e. The Morgan fingerprint density at radius 1 is 1.58 bits per heavy atom. The van der Waals surface area contributed by atoms with Gasteiger partial charge in [0.15, 0.2) is 0 Å². The van der Waals surface area contributed by atoms with E-state index in [2.05, 4.69) is 10.6 Å². The molecule has 0 aliphatic rings. The van der Waals surface area contributed by atoms with Crippen molar-refractivity contribution >= 4 is 17.3 Å². The van der Waals surface area contributed by atoms with Gasteiger partial charge in [0.1, 0.15) is 6.07 Å². The van der Waals surface area contributed by atoms with Crippen molar-refractivity contribution in [3.63, 3.8) is 0 Å². The van der Waals surface area contributed by atoms with Gasteiger partial charge in [0.25, 0.3) is 5.69 Å². The molecule has 7 nitrogen and oxygen atoms in total. The second kappa shape index (κ2) is 6.47. The summed E-state index contributed by atoms with van der Waals surface area (Å²) in [6.07, 6.45) is 0. The first-order chi connectivity index (χ1) is 8.99. The number of carbonyl (C=O) groups excluding carboxylic acids is 1. The fraction of sp³-hybridized carbons (Fsp3) is 0.333. The molecule has 1 aromatic carbocycles. The summed E-state index contributed by atoms with van der Waals surface area (Å²) in [4.78, 5) is 21.8. The Bertz CT molecular complexity index is 536. The molecule has 0 aromatic heterocycles. The molecule has 1 atom stereocenters. The molecule has 0 saturated carbocycles. The van der Waals surface area contributed by atoms with Crippen molar-refractivity contribution in [2.45, 2.75) is 6.92 Å². The van der Waals surface area contributed by atoms with Gasteiger partial charge in [-0.3, -0.25) is 14.9 Å². The highest BCUT2D eigenvalue weighted by Crippen LogP contribution is 2.21. The number of hydrogen-bond donors (Lipinski definition) is 2. The number of rotatable bonds is 5. The summed E-state index contributed by atoms with van der Waals surface area (Å²) in [5.41, 5.74) is 0.165. The van der Waals surface area contributed by atoms with Gasteiger partial charge in [-0.1, -0.05) is 6.92 Å². The van der Waals surface area contributed by atoms with Gasteiger partial charge in [-0.25, -0.2) is 0 Å². The van der Waals surface area contributed by atoms with Gasteiger partial charge >= 0.3 is 0 Å². The number of nitriles is 1. The number of nitro benzene ring substituents is 1. The molecule has 2 N–H and O–H groups in total. The first-order valence-corrected chi connectivity index (χ1v) is 5.63. The van der Waals surface area contributed by atoms with Crippen LogP contribution in [0.5, 0.6) is 0 Å². The van der Waals surface area contributed by atoms with Crippen molar-refractivity contribution in [3.8, 4) is 6.07 Å². The van der Waals surface area contributed by atoms with Crippen LogP contribution in [0.1, 0.15) is 12.5 Å². The number of hydrogen-bond acceptors (Lipinski definition) is 5. The fourth-order valence-electron chi connectivity index (χ4n) is 1.50. The molecule has 0 radical (unpaired) electrons. The zero-order chi connectivity index (χ0) is 14.4. The highest BCUT2D eigenvalue weighted by atomic mass is 16.6. The number of anilines is 1. The van der Waals surface area contributed by atoms with Crippen LogP contribution in [0, 0.1) is 27.4 Å². The maximum Gasteiger partial charge on any atom is 0.270 e. The zero-order valence-electron chi connectivity index (χ0n) is 10.6. The minimum absolute atomic E-state index is 0.0687. The summed E-state index contributed by atoms with van der Waals surface area (Å²) in [7, 11) is 1.73. The number of nitro groups is 1. The Hall–Kier alpha value is -2.46. The molecule has 1 amide bonds. The third kappa shape index (κ3) is 3.76. The molecule has 0 heterocycles. The Labute approximate surface area is 110 Å². The molecule has 0 spiro atoms. The predicted octanol–water partition coefficient (Wildman–Crippen LogP) is 1.26. The number of benzene rings is 1. The Morgan fingerprint density at radius 2 is 2.26 bits per heavy atom. The Balaban J connectivity index is 2.93. The van der Waals surface area contributed by atoms with Crippen LogP contribution in [0.3, 0.4) is 0 Å². The van der Waals surface area contributed by atoms with Crippen molar-refractivity contribution in [1.82, 2.24) is 5.32 Å². The molecule has 0 aliphatic heterocycles. The summed E-state index contributed by atoms with van der Waals surface area (Å²) in [5, 5.41) is 25.0. The number of carbonyl (C=O) groups is 1. The summed E-state index contributed by atoms with van der Waals surface area (Å²) in [5.74, 6) is -0.522. The largest absolute Gasteiger partial charge is 0.325 e. The number of nitrogens with one attached hydrogen (secondary N) is 2. The quantitative estimate of drug-likeness (QED) is 0.613. The van der Waals surface area contributed by atoms with Crippen molar-refractivity contribution in [2.75, 3.05) is 18.9 Å². The SMILES string of the molecule is CNCC(C)C(=O)Nc1ccc([N+](=O)[O-])cc1C#N. The van der Waals surface area contributed by atoms with Gasteiger partial charge < -0.3 is 10.6 Å². The van der Waals surface area contributed by atoms with E-state index in [9.17, 15) is 14.9 Å². The standard InChI is InChI=1S/C12H14N4O3/c1-8(7-14-2)12(17)15-11-4-3-10(16(18)19)5-9(11)6-13/h3-5,8,14H,7H2,1-2H3,(H,15,17). The Morgan fingerprint density at radius 3 is 2.79 bits per heavy atom. The molecule has 100 valence electrons.